The predicted octanol–water partition coefficient (Wildman–Crippen LogP) is -0.902. The number of amides is 2. The number of epoxide rings is 1. The molecule has 1 heterocycles. The second-order valence-electron chi connectivity index (χ2n) is 6.18. The molecular weight excluding hydrogens is 330 g/mol. The van der Waals surface area contributed by atoms with Crippen LogP contribution in [0.1, 0.15) is 40.0 Å². The zero-order valence-electron chi connectivity index (χ0n) is 14.8. The van der Waals surface area contributed by atoms with E-state index in [2.05, 4.69) is 16.0 Å². The maximum absolute atomic E-state index is 12.6. The van der Waals surface area contributed by atoms with Gasteiger partial charge in [-0.05, 0) is 18.8 Å². The number of hydrogen-bond donors (Lipinski definition) is 6. The van der Waals surface area contributed by atoms with Gasteiger partial charge in [-0.2, -0.15) is 0 Å². The maximum Gasteiger partial charge on any atom is 0.342 e. The topological polar surface area (TPSA) is 170 Å². The van der Waals surface area contributed by atoms with Gasteiger partial charge >= 0.3 is 5.97 Å². The smallest absolute Gasteiger partial charge is 0.342 e. The van der Waals surface area contributed by atoms with Crippen molar-refractivity contribution in [3.8, 4) is 0 Å². The van der Waals surface area contributed by atoms with E-state index in [4.69, 9.17) is 15.9 Å². The molecule has 1 fully saturated rings. The summed E-state index contributed by atoms with van der Waals surface area (Å²) in [6, 6.07) is 0. The van der Waals surface area contributed by atoms with Crippen LogP contribution in [0.25, 0.3) is 0 Å². The molecule has 1 aliphatic heterocycles. The van der Waals surface area contributed by atoms with E-state index in [1.54, 1.807) is 20.8 Å². The number of guanidine groups is 1. The maximum atomic E-state index is 12.6. The summed E-state index contributed by atoms with van der Waals surface area (Å²) in [5, 5.41) is 24.2. The summed E-state index contributed by atoms with van der Waals surface area (Å²) >= 11 is 0. The standard InChI is InChI=1S/C15H27N5O5/c1-4-10(21)20-15(14(25-15,9(2)3)12(23)24)11(22)18-7-5-6-8-19-13(16)17/h9H,4-8H2,1-3H3,(H,18,22)(H,20,21)(H,23,24)(H4,16,17,19)/t14-,15-/m0/s1. The fraction of sp³-hybridized carbons (Fsp3) is 0.733. The summed E-state index contributed by atoms with van der Waals surface area (Å²) in [6.45, 7) is 5.61. The number of carboxylic acid groups (broad SMARTS) is 1. The molecule has 1 aliphatic rings. The molecule has 0 aromatic rings. The molecule has 10 heteroatoms. The molecule has 0 aromatic heterocycles. The molecule has 0 aliphatic carbocycles. The molecule has 7 N–H and O–H groups in total. The lowest BCUT2D eigenvalue weighted by atomic mass is 9.87. The number of nitrogens with one attached hydrogen (secondary N) is 4. The zero-order valence-corrected chi connectivity index (χ0v) is 14.8. The second kappa shape index (κ2) is 8.15. The Bertz CT molecular complexity index is 552. The van der Waals surface area contributed by atoms with Gasteiger partial charge in [0.15, 0.2) is 5.96 Å². The highest BCUT2D eigenvalue weighted by atomic mass is 16.7. The first kappa shape index (κ1) is 20.7. The molecule has 1 saturated heterocycles. The van der Waals surface area contributed by atoms with Crippen LogP contribution in [0.15, 0.2) is 0 Å². The minimum absolute atomic E-state index is 0.100. The number of hydrogen-bond acceptors (Lipinski definition) is 5. The Hall–Kier alpha value is -2.36. The monoisotopic (exact) mass is 357 g/mol. The van der Waals surface area contributed by atoms with Gasteiger partial charge in [0.2, 0.25) is 11.5 Å². The summed E-state index contributed by atoms with van der Waals surface area (Å²) in [6.07, 6.45) is 1.35. The van der Waals surface area contributed by atoms with Gasteiger partial charge in [-0.3, -0.25) is 15.0 Å². The van der Waals surface area contributed by atoms with Crippen molar-refractivity contribution < 1.29 is 24.2 Å². The summed E-state index contributed by atoms with van der Waals surface area (Å²) in [5.74, 6) is -3.08. The molecule has 10 nitrogen and oxygen atoms in total. The third kappa shape index (κ3) is 4.19. The van der Waals surface area contributed by atoms with E-state index in [-0.39, 0.29) is 18.9 Å². The van der Waals surface area contributed by atoms with Crippen LogP contribution >= 0.6 is 0 Å². The van der Waals surface area contributed by atoms with Crippen molar-refractivity contribution in [2.45, 2.75) is 51.4 Å². The molecule has 25 heavy (non-hydrogen) atoms. The van der Waals surface area contributed by atoms with E-state index in [1.165, 1.54) is 0 Å². The molecule has 2 amide bonds. The summed E-state index contributed by atoms with van der Waals surface area (Å²) < 4.78 is 5.36. The van der Waals surface area contributed by atoms with Crippen molar-refractivity contribution in [3.63, 3.8) is 0 Å². The average molecular weight is 357 g/mol. The zero-order chi connectivity index (χ0) is 19.3. The van der Waals surface area contributed by atoms with Crippen LogP contribution in [0.5, 0.6) is 0 Å². The number of rotatable bonds is 10. The van der Waals surface area contributed by atoms with Gasteiger partial charge in [0, 0.05) is 19.5 Å². The number of carbonyl (C=O) groups excluding carboxylic acids is 2. The predicted molar refractivity (Wildman–Crippen MR) is 89.6 cm³/mol. The Kier molecular flexibility index (Phi) is 6.74. The van der Waals surface area contributed by atoms with Crippen molar-refractivity contribution in [1.82, 2.24) is 16.0 Å². The molecule has 142 valence electrons. The third-order valence-corrected chi connectivity index (χ3v) is 4.09. The Labute approximate surface area is 146 Å². The van der Waals surface area contributed by atoms with Crippen LogP contribution in [0.3, 0.4) is 0 Å². The highest BCUT2D eigenvalue weighted by molar-refractivity contribution is 6.02. The fourth-order valence-electron chi connectivity index (χ4n) is 2.66. The summed E-state index contributed by atoms with van der Waals surface area (Å²) in [5.41, 5.74) is 1.49. The first-order valence-corrected chi connectivity index (χ1v) is 8.24. The van der Waals surface area contributed by atoms with E-state index in [0.29, 0.717) is 19.4 Å². The minimum Gasteiger partial charge on any atom is -0.479 e. The van der Waals surface area contributed by atoms with Gasteiger partial charge in [0.25, 0.3) is 11.6 Å². The second-order valence-corrected chi connectivity index (χ2v) is 6.18. The van der Waals surface area contributed by atoms with Crippen LogP contribution in [0, 0.1) is 11.3 Å². The van der Waals surface area contributed by atoms with E-state index < -0.39 is 35.0 Å². The molecule has 0 unspecified atom stereocenters. The fourth-order valence-corrected chi connectivity index (χ4v) is 2.66. The Morgan fingerprint density at radius 2 is 1.76 bits per heavy atom. The lowest BCUT2D eigenvalue weighted by molar-refractivity contribution is -0.145. The first-order valence-electron chi connectivity index (χ1n) is 8.24. The molecule has 0 saturated carbocycles. The van der Waals surface area contributed by atoms with Crippen molar-refractivity contribution in [2.24, 2.45) is 11.7 Å². The summed E-state index contributed by atoms with van der Waals surface area (Å²) in [7, 11) is 0. The Morgan fingerprint density at radius 3 is 2.16 bits per heavy atom. The lowest BCUT2D eigenvalue weighted by Crippen LogP contribution is -2.57. The molecule has 2 atom stereocenters. The van der Waals surface area contributed by atoms with Gasteiger partial charge in [0.05, 0.1) is 0 Å². The molecule has 0 spiro atoms. The SMILES string of the molecule is CCC(=O)N[C@@]1(C(=O)NCCCCNC(=N)N)O[C@]1(C(=O)O)C(C)C. The van der Waals surface area contributed by atoms with Gasteiger partial charge < -0.3 is 31.5 Å². The van der Waals surface area contributed by atoms with E-state index in [1.807, 2.05) is 0 Å². The van der Waals surface area contributed by atoms with Crippen molar-refractivity contribution in [3.05, 3.63) is 0 Å². The van der Waals surface area contributed by atoms with Crippen LogP contribution in [0.4, 0.5) is 0 Å². The first-order chi connectivity index (χ1) is 11.6. The van der Waals surface area contributed by atoms with Crippen LogP contribution in [-0.4, -0.2) is 53.3 Å². The molecule has 0 bridgehead atoms. The molecule has 0 aromatic carbocycles. The van der Waals surface area contributed by atoms with Gasteiger partial charge in [-0.15, -0.1) is 0 Å². The van der Waals surface area contributed by atoms with Crippen LogP contribution < -0.4 is 21.7 Å². The van der Waals surface area contributed by atoms with Crippen molar-refractivity contribution in [1.29, 1.82) is 5.41 Å². The van der Waals surface area contributed by atoms with Crippen molar-refractivity contribution >= 4 is 23.7 Å². The molecule has 0 radical (unpaired) electrons. The van der Waals surface area contributed by atoms with Crippen molar-refractivity contribution in [2.75, 3.05) is 13.1 Å². The van der Waals surface area contributed by atoms with Crippen LogP contribution in [0.2, 0.25) is 0 Å². The lowest BCUT2D eigenvalue weighted by Gasteiger charge is -2.20. The number of aliphatic carboxylic acids is 1. The van der Waals surface area contributed by atoms with Gasteiger partial charge in [0.1, 0.15) is 0 Å². The normalized spacial score (nSPS) is 24.5. The summed E-state index contributed by atoms with van der Waals surface area (Å²) in [4.78, 5) is 36.0. The number of nitrogens with two attached hydrogens (primary N) is 1. The van der Waals surface area contributed by atoms with E-state index in [0.717, 1.165) is 0 Å². The largest absolute Gasteiger partial charge is 0.479 e. The minimum atomic E-state index is -1.89. The number of carbonyl (C=O) groups is 3. The molecule has 1 rings (SSSR count). The highest BCUT2D eigenvalue weighted by Gasteiger charge is 2.82. The number of ether oxygens (including phenoxy) is 1. The average Bonchev–Trinajstić information content (AvgIpc) is 3.21. The molecular formula is C15H27N5O5. The van der Waals surface area contributed by atoms with Gasteiger partial charge in [-0.25, -0.2) is 4.79 Å². The Morgan fingerprint density at radius 1 is 1.20 bits per heavy atom. The van der Waals surface area contributed by atoms with Gasteiger partial charge in [-0.1, -0.05) is 20.8 Å². The third-order valence-electron chi connectivity index (χ3n) is 4.09. The Balaban J connectivity index is 2.72. The quantitative estimate of drug-likeness (QED) is 0.127. The number of carboxylic acids is 1. The number of unbranched alkanes of at least 4 members (excludes halogenated alkanes) is 1. The van der Waals surface area contributed by atoms with E-state index >= 15 is 0 Å². The highest BCUT2D eigenvalue weighted by Crippen LogP contribution is 2.51. The van der Waals surface area contributed by atoms with Crippen LogP contribution in [-0.2, 0) is 19.1 Å². The van der Waals surface area contributed by atoms with E-state index in [9.17, 15) is 19.5 Å².